The van der Waals surface area contributed by atoms with E-state index in [0.717, 1.165) is 29.6 Å². The quantitative estimate of drug-likeness (QED) is 0.573. The molecule has 7 atom stereocenters. The van der Waals surface area contributed by atoms with Crippen molar-refractivity contribution in [3.63, 3.8) is 0 Å². The van der Waals surface area contributed by atoms with Crippen molar-refractivity contribution in [2.45, 2.75) is 103 Å². The van der Waals surface area contributed by atoms with Gasteiger partial charge in [0.1, 0.15) is 0 Å². The molecule has 28 heavy (non-hydrogen) atoms. The van der Waals surface area contributed by atoms with Gasteiger partial charge in [-0.2, -0.15) is 0 Å². The first-order valence-corrected chi connectivity index (χ1v) is 13.1. The molecule has 2 N–H and O–H groups in total. The zero-order valence-corrected chi connectivity index (χ0v) is 19.6. The molecular weight excluding hydrogens is 362 g/mol. The van der Waals surface area contributed by atoms with Crippen molar-refractivity contribution >= 4 is 17.7 Å². The maximum atomic E-state index is 11.3. The Labute approximate surface area is 177 Å². The minimum Gasteiger partial charge on any atom is -0.369 e. The summed E-state index contributed by atoms with van der Waals surface area (Å²) in [6.07, 6.45) is 16.0. The van der Waals surface area contributed by atoms with E-state index in [0.29, 0.717) is 16.6 Å². The molecule has 4 aliphatic carbocycles. The van der Waals surface area contributed by atoms with Crippen LogP contribution in [0.5, 0.6) is 0 Å². The molecule has 4 fully saturated rings. The number of nitrogens with two attached hydrogens (primary N) is 1. The van der Waals surface area contributed by atoms with Gasteiger partial charge >= 0.3 is 0 Å². The van der Waals surface area contributed by atoms with E-state index in [-0.39, 0.29) is 10.7 Å². The maximum Gasteiger partial charge on any atom is 0.227 e. The summed E-state index contributed by atoms with van der Waals surface area (Å²) in [6.45, 7) is 10.00. The fourth-order valence-electron chi connectivity index (χ4n) is 8.66. The van der Waals surface area contributed by atoms with Crippen molar-refractivity contribution in [3.8, 4) is 0 Å². The molecule has 0 aromatic carbocycles. The highest BCUT2D eigenvalue weighted by atomic mass is 32.2. The van der Waals surface area contributed by atoms with Gasteiger partial charge in [0.25, 0.3) is 0 Å². The van der Waals surface area contributed by atoms with Gasteiger partial charge in [0.2, 0.25) is 5.91 Å². The SMILES string of the molecule is CC(C)(CC1CCC2C3CCC4CCCCC4(C)C3CCC12C)SCC(N)=O. The summed E-state index contributed by atoms with van der Waals surface area (Å²) < 4.78 is 0.154. The second kappa shape index (κ2) is 7.50. The van der Waals surface area contributed by atoms with Crippen LogP contribution in [0.15, 0.2) is 0 Å². The van der Waals surface area contributed by atoms with E-state index in [4.69, 9.17) is 5.73 Å². The number of primary amides is 1. The molecule has 4 rings (SSSR count). The minimum absolute atomic E-state index is 0.154. The number of carbonyl (C=O) groups is 1. The molecular formula is C25H43NOS. The van der Waals surface area contributed by atoms with Gasteiger partial charge in [-0.15, -0.1) is 11.8 Å². The highest BCUT2D eigenvalue weighted by molar-refractivity contribution is 8.01. The van der Waals surface area contributed by atoms with Gasteiger partial charge in [0, 0.05) is 4.75 Å². The molecule has 0 heterocycles. The highest BCUT2D eigenvalue weighted by Gasteiger charge is 2.59. The number of thioether (sulfide) groups is 1. The van der Waals surface area contributed by atoms with Gasteiger partial charge in [0.15, 0.2) is 0 Å². The third kappa shape index (κ3) is 3.56. The van der Waals surface area contributed by atoms with Crippen molar-refractivity contribution in [3.05, 3.63) is 0 Å². The summed E-state index contributed by atoms with van der Waals surface area (Å²) in [5, 5.41) is 0. The lowest BCUT2D eigenvalue weighted by Crippen LogP contribution is -2.52. The number of fused-ring (bicyclic) bond motifs is 5. The minimum atomic E-state index is -0.174. The van der Waals surface area contributed by atoms with E-state index < -0.39 is 0 Å². The summed E-state index contributed by atoms with van der Waals surface area (Å²) in [6, 6.07) is 0. The zero-order chi connectivity index (χ0) is 20.2. The van der Waals surface area contributed by atoms with Crippen molar-refractivity contribution < 1.29 is 4.79 Å². The molecule has 0 aliphatic heterocycles. The molecule has 0 bridgehead atoms. The third-order valence-corrected chi connectivity index (χ3v) is 11.5. The number of carbonyl (C=O) groups excluding carboxylic acids is 1. The zero-order valence-electron chi connectivity index (χ0n) is 18.8. The largest absolute Gasteiger partial charge is 0.369 e. The van der Waals surface area contributed by atoms with Gasteiger partial charge in [-0.05, 0) is 98.2 Å². The summed E-state index contributed by atoms with van der Waals surface area (Å²) in [5.74, 6) is 5.08. The Kier molecular flexibility index (Phi) is 5.64. The predicted octanol–water partition coefficient (Wildman–Crippen LogP) is 6.42. The second-order valence-corrected chi connectivity index (χ2v) is 13.6. The average Bonchev–Trinajstić information content (AvgIpc) is 2.95. The van der Waals surface area contributed by atoms with Gasteiger partial charge < -0.3 is 5.73 Å². The van der Waals surface area contributed by atoms with E-state index in [1.807, 2.05) is 0 Å². The summed E-state index contributed by atoms with van der Waals surface area (Å²) in [7, 11) is 0. The van der Waals surface area contributed by atoms with Crippen LogP contribution in [0.4, 0.5) is 0 Å². The first kappa shape index (κ1) is 21.1. The Balaban J connectivity index is 1.48. The smallest absolute Gasteiger partial charge is 0.227 e. The Morgan fingerprint density at radius 1 is 0.964 bits per heavy atom. The van der Waals surface area contributed by atoms with Gasteiger partial charge in [0.05, 0.1) is 5.75 Å². The van der Waals surface area contributed by atoms with E-state index >= 15 is 0 Å². The van der Waals surface area contributed by atoms with Crippen LogP contribution in [0.25, 0.3) is 0 Å². The Morgan fingerprint density at radius 2 is 1.71 bits per heavy atom. The molecule has 1 amide bonds. The van der Waals surface area contributed by atoms with Gasteiger partial charge in [-0.25, -0.2) is 0 Å². The first-order chi connectivity index (χ1) is 13.2. The van der Waals surface area contributed by atoms with Crippen molar-refractivity contribution in [1.82, 2.24) is 0 Å². The van der Waals surface area contributed by atoms with E-state index in [2.05, 4.69) is 27.7 Å². The average molecular weight is 406 g/mol. The third-order valence-electron chi connectivity index (χ3n) is 10.1. The monoisotopic (exact) mass is 405 g/mol. The van der Waals surface area contributed by atoms with Crippen LogP contribution in [-0.4, -0.2) is 16.4 Å². The maximum absolute atomic E-state index is 11.3. The lowest BCUT2D eigenvalue weighted by molar-refractivity contribution is -0.115. The summed E-state index contributed by atoms with van der Waals surface area (Å²) >= 11 is 1.77. The molecule has 160 valence electrons. The first-order valence-electron chi connectivity index (χ1n) is 12.1. The van der Waals surface area contributed by atoms with Gasteiger partial charge in [-0.3, -0.25) is 4.79 Å². The molecule has 2 nitrogen and oxygen atoms in total. The van der Waals surface area contributed by atoms with E-state index in [1.54, 1.807) is 11.8 Å². The van der Waals surface area contributed by atoms with Crippen LogP contribution in [-0.2, 0) is 4.79 Å². The lowest BCUT2D eigenvalue weighted by Gasteiger charge is -2.60. The number of rotatable bonds is 5. The summed E-state index contributed by atoms with van der Waals surface area (Å²) in [4.78, 5) is 11.3. The normalized spacial score (nSPS) is 45.8. The van der Waals surface area contributed by atoms with Crippen LogP contribution in [0.3, 0.4) is 0 Å². The lowest BCUT2D eigenvalue weighted by atomic mass is 9.45. The van der Waals surface area contributed by atoms with Gasteiger partial charge in [-0.1, -0.05) is 40.5 Å². The molecule has 0 spiro atoms. The topological polar surface area (TPSA) is 43.1 Å². The molecule has 0 aromatic rings. The predicted molar refractivity (Wildman–Crippen MR) is 120 cm³/mol. The number of hydrogen-bond donors (Lipinski definition) is 1. The molecule has 4 aliphatic rings. The fourth-order valence-corrected chi connectivity index (χ4v) is 9.51. The number of hydrogen-bond acceptors (Lipinski definition) is 2. The molecule has 3 heteroatoms. The van der Waals surface area contributed by atoms with Crippen LogP contribution in [0, 0.1) is 40.4 Å². The Morgan fingerprint density at radius 3 is 2.46 bits per heavy atom. The highest BCUT2D eigenvalue weighted by Crippen LogP contribution is 2.68. The Hall–Kier alpha value is -0.180. The Bertz CT molecular complexity index is 603. The van der Waals surface area contributed by atoms with E-state index in [9.17, 15) is 4.79 Å². The second-order valence-electron chi connectivity index (χ2n) is 11.9. The molecule has 7 unspecified atom stereocenters. The van der Waals surface area contributed by atoms with Crippen LogP contribution < -0.4 is 5.73 Å². The molecule has 0 radical (unpaired) electrons. The van der Waals surface area contributed by atoms with Crippen LogP contribution in [0.1, 0.15) is 98.3 Å². The standard InChI is InChI=1S/C25H43NOS/c1-23(2,28-16-22(26)27)15-18-9-11-20-19-10-8-17-7-5-6-13-24(17,3)21(19)12-14-25(18,20)4/h17-21H,5-16H2,1-4H3,(H2,26,27). The van der Waals surface area contributed by atoms with Crippen molar-refractivity contribution in [1.29, 1.82) is 0 Å². The molecule has 0 aromatic heterocycles. The van der Waals surface area contributed by atoms with E-state index in [1.165, 1.54) is 70.6 Å². The van der Waals surface area contributed by atoms with Crippen molar-refractivity contribution in [2.24, 2.45) is 46.2 Å². The summed E-state index contributed by atoms with van der Waals surface area (Å²) in [5.41, 5.74) is 6.60. The van der Waals surface area contributed by atoms with Crippen molar-refractivity contribution in [2.75, 3.05) is 5.75 Å². The fraction of sp³-hybridized carbons (Fsp3) is 0.960. The molecule has 4 saturated carbocycles. The van der Waals surface area contributed by atoms with Crippen LogP contribution >= 0.6 is 11.8 Å². The number of amides is 1. The van der Waals surface area contributed by atoms with Crippen LogP contribution in [0.2, 0.25) is 0 Å². The molecule has 0 saturated heterocycles.